The van der Waals surface area contributed by atoms with Gasteiger partial charge in [0.1, 0.15) is 10.0 Å². The van der Waals surface area contributed by atoms with Crippen molar-refractivity contribution < 1.29 is 0 Å². The van der Waals surface area contributed by atoms with E-state index < -0.39 is 0 Å². The minimum atomic E-state index is 0.261. The second kappa shape index (κ2) is 6.33. The van der Waals surface area contributed by atoms with Gasteiger partial charge >= 0.3 is 0 Å². The fourth-order valence-electron chi connectivity index (χ4n) is 2.30. The lowest BCUT2D eigenvalue weighted by atomic mass is 10.1. The predicted octanol–water partition coefficient (Wildman–Crippen LogP) is 4.42. The number of nitrogens with one attached hydrogen (secondary N) is 1. The normalized spacial score (nSPS) is 12.7. The molecule has 4 heteroatoms. The highest BCUT2D eigenvalue weighted by atomic mass is 32.1. The van der Waals surface area contributed by atoms with Crippen LogP contribution in [0.15, 0.2) is 42.5 Å². The average molecular weight is 297 g/mol. The van der Waals surface area contributed by atoms with E-state index in [0.29, 0.717) is 0 Å². The van der Waals surface area contributed by atoms with E-state index in [1.807, 2.05) is 0 Å². The highest BCUT2D eigenvalue weighted by molar-refractivity contribution is 7.14. The molecule has 0 amide bonds. The highest BCUT2D eigenvalue weighted by Crippen LogP contribution is 2.29. The Morgan fingerprint density at radius 3 is 2.71 bits per heavy atom. The summed E-state index contributed by atoms with van der Waals surface area (Å²) < 4.78 is 0. The first kappa shape index (κ1) is 14.2. The Balaban J connectivity index is 1.87. The van der Waals surface area contributed by atoms with E-state index in [1.54, 1.807) is 11.3 Å². The summed E-state index contributed by atoms with van der Waals surface area (Å²) in [6, 6.07) is 15.1. The van der Waals surface area contributed by atoms with Crippen LogP contribution in [0.2, 0.25) is 0 Å². The van der Waals surface area contributed by atoms with Gasteiger partial charge in [-0.3, -0.25) is 0 Å². The van der Waals surface area contributed by atoms with Crippen LogP contribution in [0.4, 0.5) is 0 Å². The Bertz CT molecular complexity index is 735. The van der Waals surface area contributed by atoms with E-state index >= 15 is 0 Å². The van der Waals surface area contributed by atoms with Crippen LogP contribution in [0.5, 0.6) is 0 Å². The molecule has 3 aromatic rings. The van der Waals surface area contributed by atoms with Crippen LogP contribution >= 0.6 is 11.3 Å². The van der Waals surface area contributed by atoms with Gasteiger partial charge in [-0.1, -0.05) is 54.7 Å². The molecule has 0 saturated heterocycles. The average Bonchev–Trinajstić information content (AvgIpc) is 3.02. The zero-order valence-electron chi connectivity index (χ0n) is 12.3. The minimum Gasteiger partial charge on any atom is -0.308 e. The zero-order chi connectivity index (χ0) is 14.7. The van der Waals surface area contributed by atoms with Gasteiger partial charge in [0.05, 0.1) is 6.04 Å². The molecule has 1 unspecified atom stereocenters. The number of hydrogen-bond acceptors (Lipinski definition) is 4. The van der Waals surface area contributed by atoms with Crippen molar-refractivity contribution >= 4 is 22.1 Å². The molecule has 0 fully saturated rings. The highest BCUT2D eigenvalue weighted by Gasteiger charge is 2.12. The number of rotatable bonds is 5. The molecule has 108 valence electrons. The summed E-state index contributed by atoms with van der Waals surface area (Å²) in [7, 11) is 0. The molecule has 1 N–H and O–H groups in total. The zero-order valence-corrected chi connectivity index (χ0v) is 13.2. The summed E-state index contributed by atoms with van der Waals surface area (Å²) in [4.78, 5) is 0. The van der Waals surface area contributed by atoms with Crippen molar-refractivity contribution in [2.45, 2.75) is 26.3 Å². The molecular formula is C17H19N3S. The fourth-order valence-corrected chi connectivity index (χ4v) is 3.16. The van der Waals surface area contributed by atoms with E-state index in [0.717, 1.165) is 28.5 Å². The molecule has 3 rings (SSSR count). The van der Waals surface area contributed by atoms with Gasteiger partial charge in [0, 0.05) is 5.56 Å². The Labute approximate surface area is 129 Å². The second-order valence-electron chi connectivity index (χ2n) is 5.18. The maximum atomic E-state index is 4.35. The molecule has 0 aliphatic carbocycles. The summed E-state index contributed by atoms with van der Waals surface area (Å²) in [6.45, 7) is 5.31. The maximum Gasteiger partial charge on any atom is 0.147 e. The largest absolute Gasteiger partial charge is 0.308 e. The Kier molecular flexibility index (Phi) is 4.27. The molecule has 21 heavy (non-hydrogen) atoms. The number of nitrogens with zero attached hydrogens (tertiary/aromatic N) is 2. The minimum absolute atomic E-state index is 0.261. The lowest BCUT2D eigenvalue weighted by molar-refractivity contribution is 0.564. The van der Waals surface area contributed by atoms with Crippen molar-refractivity contribution in [1.82, 2.24) is 15.5 Å². The first-order chi connectivity index (χ1) is 10.3. The summed E-state index contributed by atoms with van der Waals surface area (Å²) in [5, 5.41) is 16.7. The van der Waals surface area contributed by atoms with Crippen LogP contribution < -0.4 is 5.32 Å². The third-order valence-corrected chi connectivity index (χ3v) is 4.66. The molecule has 3 nitrogen and oxygen atoms in total. The first-order valence-corrected chi connectivity index (χ1v) is 8.15. The Morgan fingerprint density at radius 1 is 1.10 bits per heavy atom. The monoisotopic (exact) mass is 297 g/mol. The van der Waals surface area contributed by atoms with Gasteiger partial charge in [0.15, 0.2) is 0 Å². The topological polar surface area (TPSA) is 37.8 Å². The second-order valence-corrected chi connectivity index (χ2v) is 6.19. The van der Waals surface area contributed by atoms with Crippen molar-refractivity contribution in [1.29, 1.82) is 0 Å². The molecule has 2 aromatic carbocycles. The Morgan fingerprint density at radius 2 is 1.90 bits per heavy atom. The summed E-state index contributed by atoms with van der Waals surface area (Å²) >= 11 is 1.67. The number of fused-ring (bicyclic) bond motifs is 1. The van der Waals surface area contributed by atoms with Crippen molar-refractivity contribution in [2.75, 3.05) is 6.54 Å². The SMILES string of the molecule is CCCNC(C)c1nnc(-c2ccc3ccccc3c2)s1. The molecule has 0 aliphatic rings. The molecule has 1 aromatic heterocycles. The van der Waals surface area contributed by atoms with Crippen molar-refractivity contribution in [3.05, 3.63) is 47.5 Å². The summed E-state index contributed by atoms with van der Waals surface area (Å²) in [6.07, 6.45) is 1.13. The van der Waals surface area contributed by atoms with Crippen molar-refractivity contribution in [3.63, 3.8) is 0 Å². The summed E-state index contributed by atoms with van der Waals surface area (Å²) in [5.41, 5.74) is 1.14. The third-order valence-electron chi connectivity index (χ3n) is 3.51. The van der Waals surface area contributed by atoms with E-state index in [1.165, 1.54) is 10.8 Å². The third kappa shape index (κ3) is 3.12. The molecular weight excluding hydrogens is 278 g/mol. The van der Waals surface area contributed by atoms with E-state index in [2.05, 4.69) is 71.8 Å². The molecule has 0 saturated carbocycles. The van der Waals surface area contributed by atoms with Crippen LogP contribution in [-0.2, 0) is 0 Å². The smallest absolute Gasteiger partial charge is 0.147 e. The number of benzene rings is 2. The summed E-state index contributed by atoms with van der Waals surface area (Å²) in [5.74, 6) is 0. The molecule has 0 spiro atoms. The van der Waals surface area contributed by atoms with Crippen molar-refractivity contribution in [2.24, 2.45) is 0 Å². The van der Waals surface area contributed by atoms with Crippen LogP contribution in [0.1, 0.15) is 31.3 Å². The van der Waals surface area contributed by atoms with Gasteiger partial charge in [-0.05, 0) is 36.7 Å². The van der Waals surface area contributed by atoms with Gasteiger partial charge in [0.2, 0.25) is 0 Å². The van der Waals surface area contributed by atoms with E-state index in [-0.39, 0.29) is 6.04 Å². The molecule has 1 atom stereocenters. The van der Waals surface area contributed by atoms with Gasteiger partial charge < -0.3 is 5.32 Å². The van der Waals surface area contributed by atoms with E-state index in [4.69, 9.17) is 0 Å². The first-order valence-electron chi connectivity index (χ1n) is 7.34. The number of aromatic nitrogens is 2. The maximum absolute atomic E-state index is 4.35. The van der Waals surface area contributed by atoms with Gasteiger partial charge in [-0.25, -0.2) is 0 Å². The molecule has 0 aliphatic heterocycles. The van der Waals surface area contributed by atoms with Gasteiger partial charge in [0.25, 0.3) is 0 Å². The van der Waals surface area contributed by atoms with Crippen LogP contribution in [-0.4, -0.2) is 16.7 Å². The molecule has 1 heterocycles. The fraction of sp³-hybridized carbons (Fsp3) is 0.294. The van der Waals surface area contributed by atoms with Gasteiger partial charge in [-0.2, -0.15) is 0 Å². The Hall–Kier alpha value is -1.78. The van der Waals surface area contributed by atoms with Crippen molar-refractivity contribution in [3.8, 4) is 10.6 Å². The number of hydrogen-bond donors (Lipinski definition) is 1. The van der Waals surface area contributed by atoms with Crippen LogP contribution in [0.3, 0.4) is 0 Å². The van der Waals surface area contributed by atoms with E-state index in [9.17, 15) is 0 Å². The quantitative estimate of drug-likeness (QED) is 0.757. The standard InChI is InChI=1S/C17H19N3S/c1-3-10-18-12(2)16-19-20-17(21-16)15-9-8-13-6-4-5-7-14(13)11-15/h4-9,11-12,18H,3,10H2,1-2H3. The predicted molar refractivity (Wildman–Crippen MR) is 89.6 cm³/mol. The van der Waals surface area contributed by atoms with Gasteiger partial charge in [-0.15, -0.1) is 10.2 Å². The molecule has 0 radical (unpaired) electrons. The van der Waals surface area contributed by atoms with Crippen LogP contribution in [0, 0.1) is 0 Å². The lowest BCUT2D eigenvalue weighted by Gasteiger charge is -2.08. The molecule has 0 bridgehead atoms. The van der Waals surface area contributed by atoms with Crippen LogP contribution in [0.25, 0.3) is 21.3 Å². The lowest BCUT2D eigenvalue weighted by Crippen LogP contribution is -2.18.